The lowest BCUT2D eigenvalue weighted by atomic mass is 10.0. The molecular weight excluding hydrogens is 402 g/mol. The Morgan fingerprint density at radius 1 is 0.750 bits per heavy atom. The minimum absolute atomic E-state index is 0.0127. The molecule has 0 aliphatic heterocycles. The summed E-state index contributed by atoms with van der Waals surface area (Å²) in [6.45, 7) is 3.23. The van der Waals surface area contributed by atoms with Gasteiger partial charge in [-0.25, -0.2) is 0 Å². The number of benzene rings is 3. The highest BCUT2D eigenvalue weighted by Gasteiger charge is 2.22. The number of hydrogen-bond acceptors (Lipinski definition) is 5. The summed E-state index contributed by atoms with van der Waals surface area (Å²) in [5, 5.41) is 30.6. The maximum atomic E-state index is 10.8. The second kappa shape index (κ2) is 12.4. The zero-order chi connectivity index (χ0) is 22.8. The highest BCUT2D eigenvalue weighted by Crippen LogP contribution is 2.22. The molecule has 0 fully saturated rings. The molecule has 0 spiro atoms. The number of ether oxygens (including phenoxy) is 1. The van der Waals surface area contributed by atoms with E-state index in [0.717, 1.165) is 28.9 Å². The van der Waals surface area contributed by atoms with Crippen molar-refractivity contribution in [3.8, 4) is 5.75 Å². The maximum Gasteiger partial charge on any atom is 0.119 e. The van der Waals surface area contributed by atoms with Gasteiger partial charge in [-0.3, -0.25) is 4.90 Å². The Morgan fingerprint density at radius 3 is 1.72 bits per heavy atom. The van der Waals surface area contributed by atoms with Gasteiger partial charge in [0, 0.05) is 19.1 Å². The predicted octanol–water partition coefficient (Wildman–Crippen LogP) is 3.76. The van der Waals surface area contributed by atoms with E-state index in [-0.39, 0.29) is 19.3 Å². The molecular formula is C27H33NO4. The first-order valence-electron chi connectivity index (χ1n) is 11.1. The third-order valence-electron chi connectivity index (χ3n) is 5.62. The van der Waals surface area contributed by atoms with Crippen LogP contribution in [0.1, 0.15) is 35.8 Å². The van der Waals surface area contributed by atoms with E-state index in [1.54, 1.807) is 0 Å². The fraction of sp³-hybridized carbons (Fsp3) is 0.333. The third kappa shape index (κ3) is 7.18. The number of aliphatic hydroxyl groups is 3. The van der Waals surface area contributed by atoms with Gasteiger partial charge in [0.1, 0.15) is 12.4 Å². The van der Waals surface area contributed by atoms with Crippen LogP contribution in [0.25, 0.3) is 0 Å². The summed E-state index contributed by atoms with van der Waals surface area (Å²) < 4.78 is 5.44. The fourth-order valence-corrected chi connectivity index (χ4v) is 3.80. The van der Waals surface area contributed by atoms with E-state index in [4.69, 9.17) is 9.84 Å². The molecule has 3 aromatic rings. The zero-order valence-electron chi connectivity index (χ0n) is 18.5. The number of hydrogen-bond donors (Lipinski definition) is 3. The molecule has 0 aliphatic carbocycles. The molecule has 5 nitrogen and oxygen atoms in total. The summed E-state index contributed by atoms with van der Waals surface area (Å²) in [7, 11) is 0. The quantitative estimate of drug-likeness (QED) is 0.404. The first-order chi connectivity index (χ1) is 15.6. The van der Waals surface area contributed by atoms with Gasteiger partial charge < -0.3 is 20.1 Å². The van der Waals surface area contributed by atoms with E-state index in [0.29, 0.717) is 13.1 Å². The van der Waals surface area contributed by atoms with Crippen LogP contribution in [0.4, 0.5) is 0 Å². The average molecular weight is 436 g/mol. The topological polar surface area (TPSA) is 73.2 Å². The Labute approximate surface area is 190 Å². The second-order valence-electron chi connectivity index (χ2n) is 8.08. The van der Waals surface area contributed by atoms with E-state index >= 15 is 0 Å². The summed E-state index contributed by atoms with van der Waals surface area (Å²) in [5.74, 6) is 0.728. The van der Waals surface area contributed by atoms with Crippen molar-refractivity contribution in [3.05, 3.63) is 102 Å². The van der Waals surface area contributed by atoms with E-state index in [1.165, 1.54) is 0 Å². The first kappa shape index (κ1) is 24.0. The van der Waals surface area contributed by atoms with Crippen molar-refractivity contribution in [1.29, 1.82) is 0 Å². The monoisotopic (exact) mass is 435 g/mol. The average Bonchev–Trinajstić information content (AvgIpc) is 2.84. The van der Waals surface area contributed by atoms with Gasteiger partial charge in [0.25, 0.3) is 0 Å². The Hall–Kier alpha value is -2.70. The highest BCUT2D eigenvalue weighted by atomic mass is 16.5. The van der Waals surface area contributed by atoms with Crippen LogP contribution in [-0.2, 0) is 6.42 Å². The molecule has 170 valence electrons. The molecule has 0 saturated carbocycles. The largest absolute Gasteiger partial charge is 0.491 e. The molecule has 0 bridgehead atoms. The minimum Gasteiger partial charge on any atom is -0.491 e. The van der Waals surface area contributed by atoms with Gasteiger partial charge in [0.05, 0.1) is 18.8 Å². The van der Waals surface area contributed by atoms with Gasteiger partial charge >= 0.3 is 0 Å². The second-order valence-corrected chi connectivity index (χ2v) is 8.08. The molecule has 0 aliphatic rings. The molecule has 0 aromatic heterocycles. The fourth-order valence-electron chi connectivity index (χ4n) is 3.80. The number of nitrogens with zero attached hydrogens (tertiary/aromatic N) is 1. The summed E-state index contributed by atoms with van der Waals surface area (Å²) >= 11 is 0. The molecule has 0 heterocycles. The lowest BCUT2D eigenvalue weighted by Gasteiger charge is -2.33. The highest BCUT2D eigenvalue weighted by molar-refractivity contribution is 5.28. The predicted molar refractivity (Wildman–Crippen MR) is 127 cm³/mol. The maximum absolute atomic E-state index is 10.8. The summed E-state index contributed by atoms with van der Waals surface area (Å²) in [6, 6.07) is 27.2. The normalized spacial score (nSPS) is 14.2. The number of rotatable bonds is 12. The van der Waals surface area contributed by atoms with Gasteiger partial charge in [-0.15, -0.1) is 0 Å². The molecule has 3 N–H and O–H groups in total. The SMILES string of the molecule is C[C@H](Cc1ccc(OCCO)cc1)N(CC(O)c1ccccc1)CC(O)c1ccccc1. The Balaban J connectivity index is 1.71. The van der Waals surface area contributed by atoms with Crippen molar-refractivity contribution < 1.29 is 20.1 Å². The molecule has 3 aromatic carbocycles. The van der Waals surface area contributed by atoms with Gasteiger partial charge in [-0.1, -0.05) is 72.8 Å². The smallest absolute Gasteiger partial charge is 0.119 e. The van der Waals surface area contributed by atoms with Crippen LogP contribution >= 0.6 is 0 Å². The van der Waals surface area contributed by atoms with Crippen LogP contribution in [0.2, 0.25) is 0 Å². The molecule has 0 radical (unpaired) electrons. The van der Waals surface area contributed by atoms with Crippen LogP contribution in [0, 0.1) is 0 Å². The molecule has 32 heavy (non-hydrogen) atoms. The van der Waals surface area contributed by atoms with Crippen molar-refractivity contribution in [2.45, 2.75) is 31.6 Å². The molecule has 0 saturated heterocycles. The van der Waals surface area contributed by atoms with Gasteiger partial charge in [-0.2, -0.15) is 0 Å². The molecule has 5 heteroatoms. The van der Waals surface area contributed by atoms with Crippen molar-refractivity contribution in [1.82, 2.24) is 4.90 Å². The van der Waals surface area contributed by atoms with E-state index < -0.39 is 12.2 Å². The van der Waals surface area contributed by atoms with Crippen LogP contribution in [0.15, 0.2) is 84.9 Å². The van der Waals surface area contributed by atoms with Crippen LogP contribution in [0.3, 0.4) is 0 Å². The zero-order valence-corrected chi connectivity index (χ0v) is 18.5. The van der Waals surface area contributed by atoms with Crippen LogP contribution in [-0.4, -0.2) is 52.6 Å². The van der Waals surface area contributed by atoms with E-state index in [1.807, 2.05) is 84.9 Å². The van der Waals surface area contributed by atoms with Crippen molar-refractivity contribution in [2.75, 3.05) is 26.3 Å². The van der Waals surface area contributed by atoms with E-state index in [2.05, 4.69) is 11.8 Å². The molecule has 3 rings (SSSR count). The van der Waals surface area contributed by atoms with Crippen LogP contribution < -0.4 is 4.74 Å². The van der Waals surface area contributed by atoms with Crippen molar-refractivity contribution in [3.63, 3.8) is 0 Å². The number of aliphatic hydroxyl groups excluding tert-OH is 3. The van der Waals surface area contributed by atoms with Crippen molar-refractivity contribution in [2.24, 2.45) is 0 Å². The first-order valence-corrected chi connectivity index (χ1v) is 11.1. The minimum atomic E-state index is -0.643. The van der Waals surface area contributed by atoms with Gasteiger partial charge in [-0.05, 0) is 42.2 Å². The van der Waals surface area contributed by atoms with E-state index in [9.17, 15) is 10.2 Å². The Bertz CT molecular complexity index is 854. The van der Waals surface area contributed by atoms with Crippen LogP contribution in [0.5, 0.6) is 5.75 Å². The summed E-state index contributed by atoms with van der Waals surface area (Å²) in [6.07, 6.45) is -0.518. The third-order valence-corrected chi connectivity index (χ3v) is 5.62. The molecule has 3 atom stereocenters. The Morgan fingerprint density at radius 2 is 1.25 bits per heavy atom. The van der Waals surface area contributed by atoms with Gasteiger partial charge in [0.15, 0.2) is 0 Å². The summed E-state index contributed by atoms with van der Waals surface area (Å²) in [5.41, 5.74) is 2.87. The standard InChI is InChI=1S/C27H33NO4/c1-21(18-22-12-14-25(15-13-22)32-17-16-29)28(19-26(30)23-8-4-2-5-9-23)20-27(31)24-10-6-3-7-11-24/h2-15,21,26-27,29-31H,16-20H2,1H3/t21-,26?,27?/m1/s1. The summed E-state index contributed by atoms with van der Waals surface area (Å²) in [4.78, 5) is 2.14. The molecule has 0 amide bonds. The van der Waals surface area contributed by atoms with Gasteiger partial charge in [0.2, 0.25) is 0 Å². The Kier molecular flexibility index (Phi) is 9.26. The lowest BCUT2D eigenvalue weighted by Crippen LogP contribution is -2.40. The van der Waals surface area contributed by atoms with Crippen molar-refractivity contribution >= 4 is 0 Å². The molecule has 2 unspecified atom stereocenters. The lowest BCUT2D eigenvalue weighted by molar-refractivity contribution is 0.0480.